The minimum Gasteiger partial charge on any atom is -0.324 e. The van der Waals surface area contributed by atoms with Gasteiger partial charge in [-0.15, -0.1) is 15.0 Å². The van der Waals surface area contributed by atoms with E-state index in [9.17, 15) is 0 Å². The Hall–Kier alpha value is -2.53. The Morgan fingerprint density at radius 1 is 1.05 bits per heavy atom. The van der Waals surface area contributed by atoms with E-state index < -0.39 is 0 Å². The summed E-state index contributed by atoms with van der Waals surface area (Å²) in [5.74, 6) is 0.616. The average molecular weight is 279 g/mol. The molecule has 0 unspecified atom stereocenters. The molecule has 0 saturated carbocycles. The van der Waals surface area contributed by atoms with Crippen LogP contribution in [0.5, 0.6) is 0 Å². The van der Waals surface area contributed by atoms with Gasteiger partial charge in [0.1, 0.15) is 0 Å². The molecule has 0 spiro atoms. The lowest BCUT2D eigenvalue weighted by molar-refractivity contribution is 0.693. The van der Waals surface area contributed by atoms with Crippen molar-refractivity contribution in [2.24, 2.45) is 5.73 Å². The van der Waals surface area contributed by atoms with Crippen LogP contribution < -0.4 is 5.73 Å². The van der Waals surface area contributed by atoms with Crippen LogP contribution in [-0.2, 0) is 0 Å². The van der Waals surface area contributed by atoms with Gasteiger partial charge in [-0.1, -0.05) is 49.4 Å². The fraction of sp³-hybridized carbons (Fsp3) is 0.188. The molecular weight excluding hydrogens is 262 g/mol. The van der Waals surface area contributed by atoms with Gasteiger partial charge in [-0.05, 0) is 29.3 Å². The van der Waals surface area contributed by atoms with Crippen molar-refractivity contribution >= 4 is 0 Å². The number of hydrogen-bond donors (Lipinski definition) is 1. The van der Waals surface area contributed by atoms with E-state index in [1.807, 2.05) is 54.6 Å². The van der Waals surface area contributed by atoms with Crippen LogP contribution in [0.25, 0.3) is 17.1 Å². The fourth-order valence-corrected chi connectivity index (χ4v) is 2.12. The summed E-state index contributed by atoms with van der Waals surface area (Å²) in [5.41, 5.74) is 8.95. The van der Waals surface area contributed by atoms with Gasteiger partial charge < -0.3 is 5.73 Å². The monoisotopic (exact) mass is 279 g/mol. The first kappa shape index (κ1) is 13.5. The van der Waals surface area contributed by atoms with Crippen LogP contribution in [0.4, 0.5) is 0 Å². The highest BCUT2D eigenvalue weighted by atomic mass is 15.6. The van der Waals surface area contributed by atoms with Gasteiger partial charge in [0.15, 0.2) is 0 Å². The van der Waals surface area contributed by atoms with E-state index in [2.05, 4.69) is 22.3 Å². The molecule has 0 aliphatic rings. The summed E-state index contributed by atoms with van der Waals surface area (Å²) in [4.78, 5) is 1.53. The van der Waals surface area contributed by atoms with Crippen LogP contribution in [0.1, 0.15) is 24.9 Å². The second-order valence-electron chi connectivity index (χ2n) is 4.87. The first-order valence-corrected chi connectivity index (χ1v) is 6.99. The minimum absolute atomic E-state index is 0.0719. The zero-order chi connectivity index (χ0) is 14.7. The van der Waals surface area contributed by atoms with Crippen molar-refractivity contribution in [2.45, 2.75) is 19.4 Å². The molecule has 5 nitrogen and oxygen atoms in total. The predicted molar refractivity (Wildman–Crippen MR) is 81.8 cm³/mol. The molecule has 5 heteroatoms. The molecule has 1 atom stereocenters. The first-order chi connectivity index (χ1) is 10.3. The summed E-state index contributed by atoms with van der Waals surface area (Å²) in [7, 11) is 0. The van der Waals surface area contributed by atoms with Gasteiger partial charge in [-0.25, -0.2) is 0 Å². The van der Waals surface area contributed by atoms with Crippen LogP contribution >= 0.6 is 0 Å². The van der Waals surface area contributed by atoms with Crippen molar-refractivity contribution in [3.63, 3.8) is 0 Å². The van der Waals surface area contributed by atoms with Crippen molar-refractivity contribution in [3.8, 4) is 17.1 Å². The molecule has 0 radical (unpaired) electrons. The molecule has 1 heterocycles. The van der Waals surface area contributed by atoms with Gasteiger partial charge in [-0.3, -0.25) is 0 Å². The van der Waals surface area contributed by atoms with Gasteiger partial charge in [-0.2, -0.15) is 0 Å². The molecule has 3 aromatic rings. The fourth-order valence-electron chi connectivity index (χ4n) is 2.12. The summed E-state index contributed by atoms with van der Waals surface area (Å²) in [6.45, 7) is 2.07. The Balaban J connectivity index is 1.86. The van der Waals surface area contributed by atoms with Crippen LogP contribution in [0.3, 0.4) is 0 Å². The summed E-state index contributed by atoms with van der Waals surface area (Å²) in [6, 6.07) is 17.8. The van der Waals surface area contributed by atoms with E-state index >= 15 is 0 Å². The quantitative estimate of drug-likeness (QED) is 0.797. The standard InChI is InChI=1S/C16H17N5/c1-2-15(17)12-8-10-14(11-9-12)21-19-16(18-20-21)13-6-4-3-5-7-13/h3-11,15H,2,17H2,1H3/t15-/m0/s1. The van der Waals surface area contributed by atoms with Crippen LogP contribution in [-0.4, -0.2) is 20.2 Å². The van der Waals surface area contributed by atoms with E-state index in [1.165, 1.54) is 4.80 Å². The normalized spacial score (nSPS) is 12.3. The molecule has 0 amide bonds. The highest BCUT2D eigenvalue weighted by molar-refractivity contribution is 5.53. The SMILES string of the molecule is CC[C@H](N)c1ccc(-n2nnc(-c3ccccc3)n2)cc1. The molecular formula is C16H17N5. The number of hydrogen-bond acceptors (Lipinski definition) is 4. The van der Waals surface area contributed by atoms with E-state index in [4.69, 9.17) is 5.73 Å². The molecule has 0 saturated heterocycles. The predicted octanol–water partition coefficient (Wildman–Crippen LogP) is 2.74. The van der Waals surface area contributed by atoms with Crippen molar-refractivity contribution in [1.29, 1.82) is 0 Å². The summed E-state index contributed by atoms with van der Waals surface area (Å²) in [5, 5.41) is 12.6. The molecule has 2 N–H and O–H groups in total. The number of tetrazole rings is 1. The number of rotatable bonds is 4. The minimum atomic E-state index is 0.0719. The Labute approximate surface area is 123 Å². The highest BCUT2D eigenvalue weighted by Gasteiger charge is 2.08. The number of benzene rings is 2. The van der Waals surface area contributed by atoms with Crippen molar-refractivity contribution < 1.29 is 0 Å². The topological polar surface area (TPSA) is 69.6 Å². The zero-order valence-electron chi connectivity index (χ0n) is 11.8. The smallest absolute Gasteiger partial charge is 0.205 e. The second-order valence-corrected chi connectivity index (χ2v) is 4.87. The van der Waals surface area contributed by atoms with Crippen molar-refractivity contribution in [3.05, 3.63) is 60.2 Å². The Morgan fingerprint density at radius 2 is 1.76 bits per heavy atom. The Bertz CT molecular complexity index is 703. The maximum atomic E-state index is 6.01. The third kappa shape index (κ3) is 2.83. The molecule has 0 fully saturated rings. The zero-order valence-corrected chi connectivity index (χ0v) is 11.8. The van der Waals surface area contributed by atoms with Gasteiger partial charge in [0, 0.05) is 11.6 Å². The maximum Gasteiger partial charge on any atom is 0.205 e. The van der Waals surface area contributed by atoms with Crippen LogP contribution in [0, 0.1) is 0 Å². The van der Waals surface area contributed by atoms with Crippen molar-refractivity contribution in [1.82, 2.24) is 20.2 Å². The summed E-state index contributed by atoms with van der Waals surface area (Å²) >= 11 is 0. The van der Waals surface area contributed by atoms with E-state index in [0.717, 1.165) is 23.2 Å². The largest absolute Gasteiger partial charge is 0.324 e. The summed E-state index contributed by atoms with van der Waals surface area (Å²) in [6.07, 6.45) is 0.916. The Morgan fingerprint density at radius 3 is 2.43 bits per heavy atom. The molecule has 0 aliphatic heterocycles. The van der Waals surface area contributed by atoms with Gasteiger partial charge >= 0.3 is 0 Å². The van der Waals surface area contributed by atoms with E-state index in [-0.39, 0.29) is 6.04 Å². The second kappa shape index (κ2) is 5.85. The number of nitrogens with two attached hydrogens (primary N) is 1. The molecule has 106 valence electrons. The highest BCUT2D eigenvalue weighted by Crippen LogP contribution is 2.17. The lowest BCUT2D eigenvalue weighted by Gasteiger charge is -2.09. The van der Waals surface area contributed by atoms with Crippen LogP contribution in [0.15, 0.2) is 54.6 Å². The molecule has 0 bridgehead atoms. The summed E-state index contributed by atoms with van der Waals surface area (Å²) < 4.78 is 0. The van der Waals surface area contributed by atoms with Gasteiger partial charge in [0.25, 0.3) is 0 Å². The molecule has 2 aromatic carbocycles. The molecule has 21 heavy (non-hydrogen) atoms. The van der Waals surface area contributed by atoms with Crippen molar-refractivity contribution in [2.75, 3.05) is 0 Å². The Kier molecular flexibility index (Phi) is 3.75. The van der Waals surface area contributed by atoms with Gasteiger partial charge in [0.2, 0.25) is 5.82 Å². The van der Waals surface area contributed by atoms with Crippen LogP contribution in [0.2, 0.25) is 0 Å². The van der Waals surface area contributed by atoms with Gasteiger partial charge in [0.05, 0.1) is 5.69 Å². The first-order valence-electron chi connectivity index (χ1n) is 6.99. The number of aromatic nitrogens is 4. The molecule has 3 rings (SSSR count). The van der Waals surface area contributed by atoms with E-state index in [0.29, 0.717) is 5.82 Å². The molecule has 0 aliphatic carbocycles. The average Bonchev–Trinajstić information content (AvgIpc) is 3.05. The number of nitrogens with zero attached hydrogens (tertiary/aromatic N) is 4. The lowest BCUT2D eigenvalue weighted by Crippen LogP contribution is -2.08. The third-order valence-electron chi connectivity index (χ3n) is 3.44. The van der Waals surface area contributed by atoms with E-state index in [1.54, 1.807) is 0 Å². The third-order valence-corrected chi connectivity index (χ3v) is 3.44. The lowest BCUT2D eigenvalue weighted by atomic mass is 10.1. The maximum absolute atomic E-state index is 6.01. The molecule has 1 aromatic heterocycles.